The minimum absolute atomic E-state index is 0.284. The van der Waals surface area contributed by atoms with Gasteiger partial charge in [-0.25, -0.2) is 4.98 Å². The van der Waals surface area contributed by atoms with Crippen LogP contribution in [-0.4, -0.2) is 16.1 Å². The number of rotatable bonds is 2. The maximum atomic E-state index is 11.7. The van der Waals surface area contributed by atoms with Gasteiger partial charge >= 0.3 is 5.97 Å². The van der Waals surface area contributed by atoms with E-state index < -0.39 is 11.4 Å². The largest absolute Gasteiger partial charge is 0.481 e. The Labute approximate surface area is 117 Å². The fourth-order valence-electron chi connectivity index (χ4n) is 2.69. The van der Waals surface area contributed by atoms with Crippen molar-refractivity contribution in [3.05, 3.63) is 53.7 Å². The average molecular weight is 269 g/mol. The molecule has 1 aromatic carbocycles. The van der Waals surface area contributed by atoms with Crippen LogP contribution in [0.2, 0.25) is 0 Å². The number of carboxylic acids is 1. The van der Waals surface area contributed by atoms with Gasteiger partial charge in [-0.2, -0.15) is 0 Å². The van der Waals surface area contributed by atoms with Crippen molar-refractivity contribution in [2.24, 2.45) is 5.41 Å². The van der Waals surface area contributed by atoms with Gasteiger partial charge in [0.05, 0.1) is 5.41 Å². The Morgan fingerprint density at radius 1 is 1.20 bits per heavy atom. The Morgan fingerprint density at radius 2 is 1.90 bits per heavy atom. The highest BCUT2D eigenvalue weighted by Gasteiger charge is 2.43. The number of benzene rings is 1. The van der Waals surface area contributed by atoms with Crippen molar-refractivity contribution in [2.75, 3.05) is 0 Å². The third-order valence-corrected chi connectivity index (χ3v) is 3.82. The average Bonchev–Trinajstić information content (AvgIpc) is 2.44. The first-order valence-electron chi connectivity index (χ1n) is 6.47. The Hall–Kier alpha value is -2.36. The second-order valence-corrected chi connectivity index (χ2v) is 5.50. The Kier molecular flexibility index (Phi) is 2.74. The van der Waals surface area contributed by atoms with E-state index in [2.05, 4.69) is 4.98 Å². The lowest BCUT2D eigenvalue weighted by Crippen LogP contribution is -2.33. The number of nitrogens with zero attached hydrogens (tertiary/aromatic N) is 1. The first-order chi connectivity index (χ1) is 9.51. The van der Waals surface area contributed by atoms with E-state index in [4.69, 9.17) is 4.74 Å². The second-order valence-electron chi connectivity index (χ2n) is 5.50. The van der Waals surface area contributed by atoms with Crippen LogP contribution >= 0.6 is 0 Å². The van der Waals surface area contributed by atoms with Crippen LogP contribution in [0.1, 0.15) is 30.9 Å². The molecule has 0 fully saturated rings. The quantitative estimate of drug-likeness (QED) is 0.907. The molecule has 4 heteroatoms. The Bertz CT molecular complexity index is 633. The summed E-state index contributed by atoms with van der Waals surface area (Å²) in [7, 11) is 0. The van der Waals surface area contributed by atoms with Gasteiger partial charge in [0.2, 0.25) is 5.88 Å². The minimum Gasteiger partial charge on any atom is -0.481 e. The monoisotopic (exact) mass is 269 g/mol. The predicted octanol–water partition coefficient (Wildman–Crippen LogP) is 3.43. The van der Waals surface area contributed by atoms with E-state index in [1.54, 1.807) is 26.1 Å². The molecule has 0 spiro atoms. The summed E-state index contributed by atoms with van der Waals surface area (Å²) in [6.45, 7) is 3.47. The number of para-hydroxylation sites is 1. The van der Waals surface area contributed by atoms with Crippen molar-refractivity contribution < 1.29 is 14.6 Å². The maximum absolute atomic E-state index is 11.7. The topological polar surface area (TPSA) is 59.4 Å². The van der Waals surface area contributed by atoms with Gasteiger partial charge in [0, 0.05) is 23.2 Å². The number of ether oxygens (including phenoxy) is 1. The number of carbonyl (C=O) groups is 1. The lowest BCUT2D eigenvalue weighted by molar-refractivity contribution is -0.147. The van der Waals surface area contributed by atoms with E-state index in [9.17, 15) is 9.90 Å². The maximum Gasteiger partial charge on any atom is 0.310 e. The van der Waals surface area contributed by atoms with Crippen LogP contribution in [0.5, 0.6) is 11.6 Å². The van der Waals surface area contributed by atoms with E-state index >= 15 is 0 Å². The number of pyridine rings is 1. The number of hydrogen-bond acceptors (Lipinski definition) is 3. The molecule has 3 rings (SSSR count). The molecule has 20 heavy (non-hydrogen) atoms. The van der Waals surface area contributed by atoms with Gasteiger partial charge in [0.15, 0.2) is 0 Å². The highest BCUT2D eigenvalue weighted by molar-refractivity contribution is 5.77. The van der Waals surface area contributed by atoms with Crippen molar-refractivity contribution in [2.45, 2.75) is 19.8 Å². The zero-order valence-corrected chi connectivity index (χ0v) is 11.3. The van der Waals surface area contributed by atoms with Crippen molar-refractivity contribution in [1.82, 2.24) is 4.98 Å². The molecule has 1 aliphatic heterocycles. The standard InChI is InChI=1S/C16H15NO3/c1-16(2,15(18)19)13-10-6-3-4-8-12(10)20-14-11(13)7-5-9-17-14/h3-9,13H,1-2H3,(H,18,19)/t13-/m0/s1. The van der Waals surface area contributed by atoms with Crippen LogP contribution in [0.25, 0.3) is 0 Å². The molecule has 2 aromatic rings. The first kappa shape index (κ1) is 12.7. The molecule has 102 valence electrons. The third-order valence-electron chi connectivity index (χ3n) is 3.82. The second kappa shape index (κ2) is 4.34. The number of carboxylic acid groups (broad SMARTS) is 1. The van der Waals surface area contributed by atoms with Crippen LogP contribution in [0.4, 0.5) is 0 Å². The smallest absolute Gasteiger partial charge is 0.310 e. The SMILES string of the molecule is CC(C)(C(=O)O)[C@H]1c2ccccc2Oc2ncccc21. The highest BCUT2D eigenvalue weighted by Crippen LogP contribution is 2.50. The van der Waals surface area contributed by atoms with Gasteiger partial charge < -0.3 is 9.84 Å². The summed E-state index contributed by atoms with van der Waals surface area (Å²) in [5, 5.41) is 9.58. The van der Waals surface area contributed by atoms with Crippen LogP contribution in [-0.2, 0) is 4.79 Å². The number of aliphatic carboxylic acids is 1. The molecule has 1 N–H and O–H groups in total. The lowest BCUT2D eigenvalue weighted by Gasteiger charge is -2.35. The summed E-state index contributed by atoms with van der Waals surface area (Å²) in [5.41, 5.74) is 0.761. The molecule has 1 aliphatic rings. The fourth-order valence-corrected chi connectivity index (χ4v) is 2.69. The van der Waals surface area contributed by atoms with Crippen LogP contribution in [0.15, 0.2) is 42.6 Å². The fraction of sp³-hybridized carbons (Fsp3) is 0.250. The molecule has 0 saturated heterocycles. The van der Waals surface area contributed by atoms with E-state index in [1.165, 1.54) is 0 Å². The van der Waals surface area contributed by atoms with E-state index in [0.29, 0.717) is 11.6 Å². The molecule has 0 aliphatic carbocycles. The summed E-state index contributed by atoms with van der Waals surface area (Å²) >= 11 is 0. The molecular formula is C16H15NO3. The van der Waals surface area contributed by atoms with Crippen molar-refractivity contribution >= 4 is 5.97 Å². The van der Waals surface area contributed by atoms with Gasteiger partial charge in [-0.15, -0.1) is 0 Å². The molecule has 4 nitrogen and oxygen atoms in total. The van der Waals surface area contributed by atoms with Crippen LogP contribution < -0.4 is 4.74 Å². The summed E-state index contributed by atoms with van der Waals surface area (Å²) < 4.78 is 5.78. The molecule has 1 atom stereocenters. The van der Waals surface area contributed by atoms with Crippen LogP contribution in [0.3, 0.4) is 0 Å². The summed E-state index contributed by atoms with van der Waals surface area (Å²) in [6, 6.07) is 11.2. The normalized spacial score (nSPS) is 16.8. The highest BCUT2D eigenvalue weighted by atomic mass is 16.5. The van der Waals surface area contributed by atoms with Crippen LogP contribution in [0, 0.1) is 5.41 Å². The summed E-state index contributed by atoms with van der Waals surface area (Å²) in [5.74, 6) is 0.0474. The van der Waals surface area contributed by atoms with E-state index in [-0.39, 0.29) is 5.92 Å². The molecule has 2 heterocycles. The first-order valence-corrected chi connectivity index (χ1v) is 6.47. The molecule has 0 bridgehead atoms. The Morgan fingerprint density at radius 3 is 2.65 bits per heavy atom. The number of hydrogen-bond donors (Lipinski definition) is 1. The lowest BCUT2D eigenvalue weighted by atomic mass is 9.70. The van der Waals surface area contributed by atoms with Gasteiger partial charge in [0.25, 0.3) is 0 Å². The molecule has 0 saturated carbocycles. The molecule has 0 radical (unpaired) electrons. The van der Waals surface area contributed by atoms with Crippen molar-refractivity contribution in [1.29, 1.82) is 0 Å². The Balaban J connectivity index is 2.25. The molecule has 0 amide bonds. The molecular weight excluding hydrogens is 254 g/mol. The van der Waals surface area contributed by atoms with E-state index in [0.717, 1.165) is 11.1 Å². The van der Waals surface area contributed by atoms with Crippen molar-refractivity contribution in [3.63, 3.8) is 0 Å². The zero-order chi connectivity index (χ0) is 14.3. The third kappa shape index (κ3) is 1.76. The van der Waals surface area contributed by atoms with Gasteiger partial charge in [-0.3, -0.25) is 4.79 Å². The van der Waals surface area contributed by atoms with Gasteiger partial charge in [0.1, 0.15) is 5.75 Å². The summed E-state index contributed by atoms with van der Waals surface area (Å²) in [6.07, 6.45) is 1.65. The number of aromatic nitrogens is 1. The van der Waals surface area contributed by atoms with Gasteiger partial charge in [-0.05, 0) is 26.0 Å². The zero-order valence-electron chi connectivity index (χ0n) is 11.3. The number of fused-ring (bicyclic) bond motifs is 2. The van der Waals surface area contributed by atoms with E-state index in [1.807, 2.05) is 30.3 Å². The van der Waals surface area contributed by atoms with Crippen molar-refractivity contribution in [3.8, 4) is 11.6 Å². The minimum atomic E-state index is -0.947. The molecule has 0 unspecified atom stereocenters. The summed E-state index contributed by atoms with van der Waals surface area (Å²) in [4.78, 5) is 15.9. The molecule has 1 aromatic heterocycles. The predicted molar refractivity (Wildman–Crippen MR) is 74.0 cm³/mol. The van der Waals surface area contributed by atoms with Gasteiger partial charge in [-0.1, -0.05) is 24.3 Å².